The van der Waals surface area contributed by atoms with Crippen LogP contribution in [0.4, 0.5) is 5.82 Å². The van der Waals surface area contributed by atoms with Gasteiger partial charge in [0.1, 0.15) is 17.0 Å². The Balaban J connectivity index is 2.31. The summed E-state index contributed by atoms with van der Waals surface area (Å²) in [6.45, 7) is 0. The lowest BCUT2D eigenvalue weighted by Crippen LogP contribution is -2.11. The van der Waals surface area contributed by atoms with E-state index in [9.17, 15) is 4.79 Å². The summed E-state index contributed by atoms with van der Waals surface area (Å²) in [5.74, 6) is -0.260. The quantitative estimate of drug-likeness (QED) is 0.514. The number of aromatic nitrogens is 2. The first kappa shape index (κ1) is 15.1. The van der Waals surface area contributed by atoms with E-state index in [1.54, 1.807) is 16.5 Å². The van der Waals surface area contributed by atoms with Crippen molar-refractivity contribution in [3.8, 4) is 0 Å². The molecule has 0 atom stereocenters. The maximum Gasteiger partial charge on any atom is 0.342 e. The molecule has 0 unspecified atom stereocenters. The van der Waals surface area contributed by atoms with Crippen molar-refractivity contribution in [1.29, 1.82) is 0 Å². The molecule has 0 spiro atoms. The first-order valence-corrected chi connectivity index (χ1v) is 7.84. The molecular weight excluding hydrogens is 349 g/mol. The third-order valence-corrected chi connectivity index (χ3v) is 4.74. The average Bonchev–Trinajstić information content (AvgIpc) is 2.94. The van der Waals surface area contributed by atoms with E-state index in [1.165, 1.54) is 7.11 Å². The molecule has 2 aromatic heterocycles. The van der Waals surface area contributed by atoms with E-state index < -0.39 is 5.97 Å². The number of fused-ring (bicyclic) bond motifs is 5. The smallest absolute Gasteiger partial charge is 0.342 e. The van der Waals surface area contributed by atoms with Gasteiger partial charge in [-0.3, -0.25) is 4.40 Å². The van der Waals surface area contributed by atoms with Crippen molar-refractivity contribution < 1.29 is 9.53 Å². The number of rotatable bonds is 1. The van der Waals surface area contributed by atoms with Gasteiger partial charge in [0.25, 0.3) is 0 Å². The van der Waals surface area contributed by atoms with Crippen LogP contribution >= 0.6 is 23.2 Å². The summed E-state index contributed by atoms with van der Waals surface area (Å²) in [6, 6.07) is 10.8. The van der Waals surface area contributed by atoms with Gasteiger partial charge in [0, 0.05) is 10.8 Å². The monoisotopic (exact) mass is 359 g/mol. The molecule has 0 bridgehead atoms. The molecule has 0 aliphatic heterocycles. The van der Waals surface area contributed by atoms with Crippen molar-refractivity contribution in [2.24, 2.45) is 0 Å². The molecule has 120 valence electrons. The van der Waals surface area contributed by atoms with Crippen molar-refractivity contribution in [2.45, 2.75) is 0 Å². The Labute approximate surface area is 146 Å². The molecular formula is C17H11Cl2N3O2. The van der Waals surface area contributed by atoms with E-state index in [1.807, 2.05) is 24.3 Å². The van der Waals surface area contributed by atoms with Crippen LogP contribution < -0.4 is 5.73 Å². The minimum Gasteiger partial charge on any atom is -0.465 e. The van der Waals surface area contributed by atoms with Crippen LogP contribution in [0.2, 0.25) is 10.0 Å². The Morgan fingerprint density at radius 1 is 1.17 bits per heavy atom. The Hall–Kier alpha value is -2.50. The summed E-state index contributed by atoms with van der Waals surface area (Å²) in [5.41, 5.74) is 8.55. The van der Waals surface area contributed by atoms with E-state index in [0.29, 0.717) is 37.7 Å². The van der Waals surface area contributed by atoms with Crippen LogP contribution in [0.5, 0.6) is 0 Å². The van der Waals surface area contributed by atoms with Gasteiger partial charge in [0.2, 0.25) is 0 Å². The van der Waals surface area contributed by atoms with Crippen LogP contribution in [0.15, 0.2) is 36.4 Å². The standard InChI is InChI=1S/C17H11Cl2N3O2/c1-24-17(23)14-8-4-2-3-5-9(8)16-21-12-6-10(18)11(19)7-13(12)22(16)15(14)20/h2-7H,20H2,1H3. The van der Waals surface area contributed by atoms with E-state index in [0.717, 1.165) is 5.39 Å². The van der Waals surface area contributed by atoms with Gasteiger partial charge in [0.05, 0.1) is 28.2 Å². The Morgan fingerprint density at radius 2 is 1.83 bits per heavy atom. The van der Waals surface area contributed by atoms with Crippen LogP contribution in [0.1, 0.15) is 10.4 Å². The highest BCUT2D eigenvalue weighted by molar-refractivity contribution is 6.42. The summed E-state index contributed by atoms with van der Waals surface area (Å²) in [4.78, 5) is 16.9. The number of pyridine rings is 1. The first-order valence-electron chi connectivity index (χ1n) is 7.08. The number of imidazole rings is 1. The molecule has 2 aromatic carbocycles. The van der Waals surface area contributed by atoms with Crippen LogP contribution in [0.3, 0.4) is 0 Å². The second-order valence-corrected chi connectivity index (χ2v) is 6.14. The van der Waals surface area contributed by atoms with E-state index in [2.05, 4.69) is 4.98 Å². The van der Waals surface area contributed by atoms with Crippen LogP contribution in [0.25, 0.3) is 27.5 Å². The normalized spacial score (nSPS) is 11.5. The van der Waals surface area contributed by atoms with Gasteiger partial charge in [-0.2, -0.15) is 0 Å². The first-order chi connectivity index (χ1) is 11.5. The van der Waals surface area contributed by atoms with Crippen LogP contribution in [-0.2, 0) is 4.74 Å². The number of carbonyl (C=O) groups is 1. The lowest BCUT2D eigenvalue weighted by Gasteiger charge is -2.12. The highest BCUT2D eigenvalue weighted by Gasteiger charge is 2.21. The Kier molecular flexibility index (Phi) is 3.30. The van der Waals surface area contributed by atoms with Crippen molar-refractivity contribution in [1.82, 2.24) is 9.38 Å². The van der Waals surface area contributed by atoms with Gasteiger partial charge in [-0.05, 0) is 12.1 Å². The molecule has 0 aliphatic rings. The van der Waals surface area contributed by atoms with Gasteiger partial charge in [-0.15, -0.1) is 0 Å². The molecule has 0 aliphatic carbocycles. The number of halogens is 2. The lowest BCUT2D eigenvalue weighted by atomic mass is 10.1. The zero-order valence-electron chi connectivity index (χ0n) is 12.5. The Bertz CT molecular complexity index is 1150. The molecule has 2 heterocycles. The summed E-state index contributed by atoms with van der Waals surface area (Å²) in [6.07, 6.45) is 0. The summed E-state index contributed by atoms with van der Waals surface area (Å²) >= 11 is 12.2. The van der Waals surface area contributed by atoms with Gasteiger partial charge in [-0.25, -0.2) is 9.78 Å². The highest BCUT2D eigenvalue weighted by Crippen LogP contribution is 2.34. The number of carbonyl (C=O) groups excluding carboxylic acids is 1. The fourth-order valence-corrected chi connectivity index (χ4v) is 3.28. The summed E-state index contributed by atoms with van der Waals surface area (Å²) in [7, 11) is 1.32. The van der Waals surface area contributed by atoms with Crippen LogP contribution in [-0.4, -0.2) is 22.5 Å². The fourth-order valence-electron chi connectivity index (χ4n) is 2.96. The lowest BCUT2D eigenvalue weighted by molar-refractivity contribution is 0.0604. The molecule has 4 aromatic rings. The fraction of sp³-hybridized carbons (Fsp3) is 0.0588. The number of hydrogen-bond donors (Lipinski definition) is 1. The predicted molar refractivity (Wildman–Crippen MR) is 96.0 cm³/mol. The number of ether oxygens (including phenoxy) is 1. The van der Waals surface area contributed by atoms with Crippen molar-refractivity contribution >= 4 is 62.4 Å². The molecule has 2 N–H and O–H groups in total. The number of anilines is 1. The summed E-state index contributed by atoms with van der Waals surface area (Å²) < 4.78 is 6.61. The number of benzene rings is 2. The van der Waals surface area contributed by atoms with Crippen molar-refractivity contribution in [2.75, 3.05) is 12.8 Å². The SMILES string of the molecule is COC(=O)c1c(N)n2c3cc(Cl)c(Cl)cc3nc2c2ccccc12. The molecule has 0 radical (unpaired) electrons. The number of nitrogen functional groups attached to an aromatic ring is 1. The zero-order chi connectivity index (χ0) is 17.0. The maximum atomic E-state index is 12.3. The van der Waals surface area contributed by atoms with E-state index >= 15 is 0 Å². The molecule has 0 fully saturated rings. The molecule has 7 heteroatoms. The zero-order valence-corrected chi connectivity index (χ0v) is 14.0. The van der Waals surface area contributed by atoms with Gasteiger partial charge in [0.15, 0.2) is 0 Å². The predicted octanol–water partition coefficient (Wildman–Crippen LogP) is 4.32. The largest absolute Gasteiger partial charge is 0.465 e. The van der Waals surface area contributed by atoms with Gasteiger partial charge >= 0.3 is 5.97 Å². The number of hydrogen-bond acceptors (Lipinski definition) is 4. The minimum atomic E-state index is -0.507. The Morgan fingerprint density at radius 3 is 2.54 bits per heavy atom. The topological polar surface area (TPSA) is 69.6 Å². The highest BCUT2D eigenvalue weighted by atomic mass is 35.5. The average molecular weight is 360 g/mol. The third-order valence-electron chi connectivity index (χ3n) is 4.02. The van der Waals surface area contributed by atoms with E-state index in [4.69, 9.17) is 33.7 Å². The number of esters is 1. The van der Waals surface area contributed by atoms with Crippen LogP contribution in [0, 0.1) is 0 Å². The summed E-state index contributed by atoms with van der Waals surface area (Å²) in [5, 5.41) is 2.26. The molecule has 4 rings (SSSR count). The number of nitrogens with two attached hydrogens (primary N) is 1. The van der Waals surface area contributed by atoms with Crippen molar-refractivity contribution in [3.05, 3.63) is 52.0 Å². The maximum absolute atomic E-state index is 12.3. The van der Waals surface area contributed by atoms with Gasteiger partial charge in [-0.1, -0.05) is 47.5 Å². The van der Waals surface area contributed by atoms with Crippen molar-refractivity contribution in [3.63, 3.8) is 0 Å². The number of nitrogens with zero attached hydrogens (tertiary/aromatic N) is 2. The minimum absolute atomic E-state index is 0.247. The van der Waals surface area contributed by atoms with E-state index in [-0.39, 0.29) is 5.82 Å². The van der Waals surface area contributed by atoms with Gasteiger partial charge < -0.3 is 10.5 Å². The molecule has 0 saturated carbocycles. The second kappa shape index (κ2) is 5.26. The molecule has 5 nitrogen and oxygen atoms in total. The molecule has 0 amide bonds. The number of methoxy groups -OCH3 is 1. The second-order valence-electron chi connectivity index (χ2n) is 5.32. The third kappa shape index (κ3) is 1.95. The molecule has 0 saturated heterocycles. The molecule has 24 heavy (non-hydrogen) atoms.